The van der Waals surface area contributed by atoms with Gasteiger partial charge in [-0.3, -0.25) is 4.98 Å². The number of pyridine rings is 3. The van der Waals surface area contributed by atoms with Crippen molar-refractivity contribution in [2.45, 2.75) is 34.1 Å². The molecule has 1 radical (unpaired) electrons. The molecular formula is C37H31IrN3O-2. The van der Waals surface area contributed by atoms with E-state index in [0.717, 1.165) is 67.3 Å². The molecule has 0 amide bonds. The van der Waals surface area contributed by atoms with Crippen LogP contribution in [-0.2, 0) is 26.5 Å². The molecule has 0 atom stereocenters. The first-order chi connectivity index (χ1) is 19.9. The SMILES string of the molecule is Cc1cnc2c(ccc3c4cc[c-]c(-c5cc(CC(C)(C)C)ccn5)c4oc32)c1.[Ir].[c-]1ccccc1-c1ccccn1. The Bertz CT molecular complexity index is 1920. The topological polar surface area (TPSA) is 51.8 Å². The zero-order valence-corrected chi connectivity index (χ0v) is 26.5. The molecular weight excluding hydrogens is 695 g/mol. The van der Waals surface area contributed by atoms with Crippen LogP contribution in [0.1, 0.15) is 31.9 Å². The van der Waals surface area contributed by atoms with Crippen molar-refractivity contribution >= 4 is 32.8 Å². The Hall–Kier alpha value is -4.18. The summed E-state index contributed by atoms with van der Waals surface area (Å²) in [5, 5.41) is 3.23. The van der Waals surface area contributed by atoms with E-state index in [1.807, 2.05) is 60.9 Å². The van der Waals surface area contributed by atoms with E-state index in [4.69, 9.17) is 4.42 Å². The summed E-state index contributed by atoms with van der Waals surface area (Å²) in [6.45, 7) is 8.80. The maximum Gasteiger partial charge on any atom is 0.147 e. The summed E-state index contributed by atoms with van der Waals surface area (Å²) in [5.74, 6) is 0. The summed E-state index contributed by atoms with van der Waals surface area (Å²) in [5.41, 5.74) is 8.96. The zero-order chi connectivity index (χ0) is 28.4. The third-order valence-electron chi connectivity index (χ3n) is 6.85. The zero-order valence-electron chi connectivity index (χ0n) is 24.1. The second kappa shape index (κ2) is 12.4. The number of fused-ring (bicyclic) bond motifs is 5. The second-order valence-electron chi connectivity index (χ2n) is 11.5. The van der Waals surface area contributed by atoms with Crippen molar-refractivity contribution < 1.29 is 24.5 Å². The number of aromatic nitrogens is 3. The minimum Gasteiger partial charge on any atom is -0.498 e. The molecule has 4 aromatic heterocycles. The fraction of sp³-hybridized carbons (Fsp3) is 0.162. The van der Waals surface area contributed by atoms with E-state index in [0.29, 0.717) is 0 Å². The average molecular weight is 726 g/mol. The van der Waals surface area contributed by atoms with Crippen molar-refractivity contribution in [1.29, 1.82) is 0 Å². The van der Waals surface area contributed by atoms with Crippen molar-refractivity contribution in [2.75, 3.05) is 0 Å². The van der Waals surface area contributed by atoms with Gasteiger partial charge in [-0.25, -0.2) is 0 Å². The first kappa shape index (κ1) is 29.3. The summed E-state index contributed by atoms with van der Waals surface area (Å²) in [4.78, 5) is 13.5. The van der Waals surface area contributed by atoms with Crippen LogP contribution in [0.5, 0.6) is 0 Å². The molecule has 0 saturated carbocycles. The van der Waals surface area contributed by atoms with Crippen LogP contribution in [0.3, 0.4) is 0 Å². The Balaban J connectivity index is 0.000000228. The summed E-state index contributed by atoms with van der Waals surface area (Å²) < 4.78 is 6.40. The van der Waals surface area contributed by atoms with Gasteiger partial charge in [-0.15, -0.1) is 54.1 Å². The Morgan fingerprint density at radius 2 is 1.55 bits per heavy atom. The first-order valence-electron chi connectivity index (χ1n) is 13.8. The molecule has 0 aliphatic rings. The van der Waals surface area contributed by atoms with E-state index in [-0.39, 0.29) is 25.5 Å². The number of nitrogens with zero attached hydrogens (tertiary/aromatic N) is 3. The Labute approximate surface area is 260 Å². The molecule has 0 aliphatic heterocycles. The van der Waals surface area contributed by atoms with E-state index >= 15 is 0 Å². The molecule has 211 valence electrons. The Kier molecular flexibility index (Phi) is 8.63. The standard InChI is InChI=1S/C26H23N2O.C11H8N.Ir/c1-16-12-18-8-9-20-19-6-5-7-21(24(19)29-25(20)23(18)28-15-16)22-13-17(10-11-27-22)14-26(2,3)4;1-2-6-10(7-3-1)11-8-4-5-9-12-11;/h5-6,8-13,15H,14H2,1-4H3;1-6,8-9H;/q2*-1;. The van der Waals surface area contributed by atoms with Crippen molar-refractivity contribution in [3.63, 3.8) is 0 Å². The van der Waals surface area contributed by atoms with Gasteiger partial charge in [-0.2, -0.15) is 0 Å². The van der Waals surface area contributed by atoms with E-state index in [1.165, 1.54) is 5.56 Å². The third-order valence-corrected chi connectivity index (χ3v) is 6.85. The number of benzene rings is 3. The molecule has 0 saturated heterocycles. The second-order valence-corrected chi connectivity index (χ2v) is 11.5. The van der Waals surface area contributed by atoms with Gasteiger partial charge in [0.2, 0.25) is 0 Å². The van der Waals surface area contributed by atoms with Crippen LogP contribution < -0.4 is 0 Å². The van der Waals surface area contributed by atoms with Crippen LogP contribution in [0.4, 0.5) is 0 Å². The number of aryl methyl sites for hydroxylation is 1. The molecule has 0 fully saturated rings. The molecule has 0 spiro atoms. The molecule has 0 bridgehead atoms. The summed E-state index contributed by atoms with van der Waals surface area (Å²) in [6, 6.07) is 34.8. The van der Waals surface area contributed by atoms with E-state index < -0.39 is 0 Å². The number of rotatable bonds is 3. The molecule has 0 aliphatic carbocycles. The molecule has 5 heteroatoms. The van der Waals surface area contributed by atoms with Gasteiger partial charge in [0.05, 0.1) is 5.58 Å². The van der Waals surface area contributed by atoms with Crippen molar-refractivity contribution in [3.05, 3.63) is 127 Å². The van der Waals surface area contributed by atoms with Crippen LogP contribution in [0.15, 0.2) is 108 Å². The van der Waals surface area contributed by atoms with Crippen LogP contribution in [0.2, 0.25) is 0 Å². The van der Waals surface area contributed by atoms with Gasteiger partial charge in [-0.05, 0) is 53.9 Å². The fourth-order valence-corrected chi connectivity index (χ4v) is 5.10. The predicted molar refractivity (Wildman–Crippen MR) is 167 cm³/mol. The van der Waals surface area contributed by atoms with Gasteiger partial charge in [0.25, 0.3) is 0 Å². The smallest absolute Gasteiger partial charge is 0.147 e. The van der Waals surface area contributed by atoms with Gasteiger partial charge in [0.15, 0.2) is 0 Å². The summed E-state index contributed by atoms with van der Waals surface area (Å²) >= 11 is 0. The Morgan fingerprint density at radius 3 is 2.31 bits per heavy atom. The van der Waals surface area contributed by atoms with Gasteiger partial charge < -0.3 is 14.4 Å². The molecule has 4 heterocycles. The van der Waals surface area contributed by atoms with Crippen LogP contribution in [-0.4, -0.2) is 15.0 Å². The molecule has 42 heavy (non-hydrogen) atoms. The maximum atomic E-state index is 6.40. The van der Waals surface area contributed by atoms with Crippen molar-refractivity contribution in [1.82, 2.24) is 15.0 Å². The van der Waals surface area contributed by atoms with Crippen molar-refractivity contribution in [2.24, 2.45) is 5.41 Å². The number of hydrogen-bond acceptors (Lipinski definition) is 4. The monoisotopic (exact) mass is 726 g/mol. The average Bonchev–Trinajstić information content (AvgIpc) is 3.37. The quantitative estimate of drug-likeness (QED) is 0.171. The number of furan rings is 1. The normalized spacial score (nSPS) is 11.2. The molecule has 7 aromatic rings. The molecule has 0 unspecified atom stereocenters. The Morgan fingerprint density at radius 1 is 0.738 bits per heavy atom. The van der Waals surface area contributed by atoms with Gasteiger partial charge in [0.1, 0.15) is 11.1 Å². The summed E-state index contributed by atoms with van der Waals surface area (Å²) in [6.07, 6.45) is 6.55. The van der Waals surface area contributed by atoms with E-state index in [2.05, 4.69) is 91.2 Å². The van der Waals surface area contributed by atoms with Gasteiger partial charge >= 0.3 is 0 Å². The van der Waals surface area contributed by atoms with Crippen LogP contribution in [0, 0.1) is 24.5 Å². The molecule has 3 aromatic carbocycles. The minimum absolute atomic E-state index is 0. The predicted octanol–water partition coefficient (Wildman–Crippen LogP) is 9.44. The largest absolute Gasteiger partial charge is 0.498 e. The maximum absolute atomic E-state index is 6.40. The van der Waals surface area contributed by atoms with Crippen molar-refractivity contribution in [3.8, 4) is 22.5 Å². The van der Waals surface area contributed by atoms with Gasteiger partial charge in [-0.1, -0.05) is 67.6 Å². The number of hydrogen-bond donors (Lipinski definition) is 0. The third kappa shape index (κ3) is 6.33. The van der Waals surface area contributed by atoms with E-state index in [1.54, 1.807) is 6.20 Å². The molecule has 7 rings (SSSR count). The minimum atomic E-state index is 0. The molecule has 0 N–H and O–H groups in total. The van der Waals surface area contributed by atoms with Crippen LogP contribution >= 0.6 is 0 Å². The van der Waals surface area contributed by atoms with Gasteiger partial charge in [0, 0.05) is 49.5 Å². The molecule has 4 nitrogen and oxygen atoms in total. The summed E-state index contributed by atoms with van der Waals surface area (Å²) in [7, 11) is 0. The van der Waals surface area contributed by atoms with Crippen LogP contribution in [0.25, 0.3) is 55.4 Å². The van der Waals surface area contributed by atoms with E-state index in [9.17, 15) is 0 Å². The fourth-order valence-electron chi connectivity index (χ4n) is 5.10. The first-order valence-corrected chi connectivity index (χ1v) is 13.8.